The fourth-order valence-corrected chi connectivity index (χ4v) is 4.04. The molecule has 0 saturated carbocycles. The molecule has 4 rings (SSSR count). The van der Waals surface area contributed by atoms with Crippen LogP contribution in [0.15, 0.2) is 42.1 Å². The van der Waals surface area contributed by atoms with Gasteiger partial charge in [-0.2, -0.15) is 0 Å². The second-order valence-corrected chi connectivity index (χ2v) is 7.96. The predicted octanol–water partition coefficient (Wildman–Crippen LogP) is 4.13. The lowest BCUT2D eigenvalue weighted by molar-refractivity contribution is 0.0963. The number of imidazole rings is 1. The number of aryl methyl sites for hydroxylation is 2. The third kappa shape index (κ3) is 4.03. The fraction of sp³-hybridized carbons (Fsp3) is 0.292. The molecule has 0 aliphatic carbocycles. The van der Waals surface area contributed by atoms with Crippen LogP contribution in [-0.2, 0) is 0 Å². The van der Waals surface area contributed by atoms with Crippen LogP contribution in [0.5, 0.6) is 0 Å². The van der Waals surface area contributed by atoms with E-state index in [0.717, 1.165) is 33.7 Å². The number of nitrogens with one attached hydrogen (secondary N) is 1. The Morgan fingerprint density at radius 2 is 1.87 bits per heavy atom. The van der Waals surface area contributed by atoms with Crippen LogP contribution in [0.3, 0.4) is 0 Å². The summed E-state index contributed by atoms with van der Waals surface area (Å²) in [4.78, 5) is 29.6. The van der Waals surface area contributed by atoms with Crippen molar-refractivity contribution in [2.24, 2.45) is 0 Å². The molecular weight excluding hydrogens is 392 g/mol. The number of rotatable bonds is 3. The third-order valence-corrected chi connectivity index (χ3v) is 5.81. The number of hydrogen-bond acceptors (Lipinski definition) is 3. The number of carbonyl (C=O) groups excluding carboxylic acids is 1. The Balaban J connectivity index is 1.80. The molecule has 1 aliphatic rings. The lowest BCUT2D eigenvalue weighted by Crippen LogP contribution is -2.35. The topological polar surface area (TPSA) is 86.9 Å². The number of benzene rings is 1. The maximum atomic E-state index is 12.0. The quantitative estimate of drug-likeness (QED) is 0.669. The first-order valence-corrected chi connectivity index (χ1v) is 10.4. The average Bonchev–Trinajstić information content (AvgIpc) is 3.10. The van der Waals surface area contributed by atoms with Gasteiger partial charge in [0, 0.05) is 37.5 Å². The fourth-order valence-electron chi connectivity index (χ4n) is 4.04. The first-order valence-electron chi connectivity index (χ1n) is 10.4. The summed E-state index contributed by atoms with van der Waals surface area (Å²) in [5.41, 5.74) is 7.60. The molecule has 3 heterocycles. The van der Waals surface area contributed by atoms with E-state index in [9.17, 15) is 14.7 Å². The molecule has 0 atom stereocenters. The van der Waals surface area contributed by atoms with Crippen LogP contribution in [0, 0.1) is 13.8 Å². The zero-order chi connectivity index (χ0) is 22.1. The molecule has 31 heavy (non-hydrogen) atoms. The lowest BCUT2D eigenvalue weighted by Gasteiger charge is -2.25. The Hall–Kier alpha value is -3.61. The van der Waals surface area contributed by atoms with Crippen molar-refractivity contribution in [1.82, 2.24) is 19.6 Å². The van der Waals surface area contributed by atoms with E-state index in [2.05, 4.69) is 21.9 Å². The number of amides is 2. The summed E-state index contributed by atoms with van der Waals surface area (Å²) >= 11 is 0. The van der Waals surface area contributed by atoms with E-state index in [4.69, 9.17) is 4.98 Å². The van der Waals surface area contributed by atoms with Crippen LogP contribution in [0.25, 0.3) is 23.0 Å². The van der Waals surface area contributed by atoms with E-state index in [-0.39, 0.29) is 5.91 Å². The SMILES string of the molecule is CNC(=O)c1ccc(-c2nc3cc(C)ccn3c2C=C2CCN(C(=O)O)CC2)c(C)c1. The number of carboxylic acid groups (broad SMARTS) is 1. The number of fused-ring (bicyclic) bond motifs is 1. The molecule has 1 aromatic carbocycles. The number of piperidine rings is 1. The van der Waals surface area contributed by atoms with Crippen LogP contribution in [0.2, 0.25) is 0 Å². The number of hydrogen-bond donors (Lipinski definition) is 2. The molecule has 0 bridgehead atoms. The van der Waals surface area contributed by atoms with Gasteiger partial charge >= 0.3 is 6.09 Å². The largest absolute Gasteiger partial charge is 0.465 e. The standard InChI is InChI=1S/C24H26N4O3/c1-15-6-11-28-20(14-17-7-9-27(10-8-17)24(30)31)22(26-21(28)12-15)19-5-4-18(13-16(19)2)23(29)25-3/h4-6,11-14H,7-10H2,1-3H3,(H,25,29)(H,30,31). The normalized spacial score (nSPS) is 14.0. The molecule has 1 fully saturated rings. The average molecular weight is 418 g/mol. The van der Waals surface area contributed by atoms with E-state index >= 15 is 0 Å². The number of aromatic nitrogens is 2. The highest BCUT2D eigenvalue weighted by Crippen LogP contribution is 2.31. The molecular formula is C24H26N4O3. The van der Waals surface area contributed by atoms with Crippen molar-refractivity contribution in [3.8, 4) is 11.3 Å². The van der Waals surface area contributed by atoms with Gasteiger partial charge in [-0.15, -0.1) is 0 Å². The van der Waals surface area contributed by atoms with Gasteiger partial charge < -0.3 is 15.3 Å². The Morgan fingerprint density at radius 1 is 1.13 bits per heavy atom. The summed E-state index contributed by atoms with van der Waals surface area (Å²) in [5.74, 6) is -0.118. The molecule has 3 aromatic rings. The van der Waals surface area contributed by atoms with Crippen molar-refractivity contribution in [2.45, 2.75) is 26.7 Å². The zero-order valence-electron chi connectivity index (χ0n) is 18.0. The minimum atomic E-state index is -0.864. The van der Waals surface area contributed by atoms with Gasteiger partial charge in [0.05, 0.1) is 11.4 Å². The van der Waals surface area contributed by atoms with Gasteiger partial charge in [0.1, 0.15) is 5.65 Å². The van der Waals surface area contributed by atoms with Crippen LogP contribution in [-0.4, -0.2) is 51.5 Å². The molecule has 160 valence electrons. The highest BCUT2D eigenvalue weighted by atomic mass is 16.4. The van der Waals surface area contributed by atoms with Gasteiger partial charge in [0.25, 0.3) is 5.91 Å². The van der Waals surface area contributed by atoms with Crippen LogP contribution < -0.4 is 5.32 Å². The van der Waals surface area contributed by atoms with Gasteiger partial charge in [-0.05, 0) is 68.2 Å². The zero-order valence-corrected chi connectivity index (χ0v) is 18.0. The lowest BCUT2D eigenvalue weighted by atomic mass is 9.98. The summed E-state index contributed by atoms with van der Waals surface area (Å²) in [6.07, 6.45) is 4.72. The van der Waals surface area contributed by atoms with Gasteiger partial charge in [-0.3, -0.25) is 9.20 Å². The first kappa shape index (κ1) is 20.7. The Kier molecular flexibility index (Phi) is 5.50. The van der Waals surface area contributed by atoms with Crippen molar-refractivity contribution in [2.75, 3.05) is 20.1 Å². The Morgan fingerprint density at radius 3 is 2.52 bits per heavy atom. The number of nitrogens with zero attached hydrogens (tertiary/aromatic N) is 3. The maximum absolute atomic E-state index is 12.0. The molecule has 0 spiro atoms. The highest BCUT2D eigenvalue weighted by Gasteiger charge is 2.20. The maximum Gasteiger partial charge on any atom is 0.407 e. The van der Waals surface area contributed by atoms with Gasteiger partial charge in [-0.1, -0.05) is 11.6 Å². The van der Waals surface area contributed by atoms with Crippen LogP contribution in [0.1, 0.15) is 40.0 Å². The Bertz CT molecular complexity index is 1200. The molecule has 0 radical (unpaired) electrons. The second kappa shape index (κ2) is 8.26. The van der Waals surface area contributed by atoms with Crippen LogP contribution >= 0.6 is 0 Å². The van der Waals surface area contributed by atoms with Crippen molar-refractivity contribution >= 4 is 23.7 Å². The van der Waals surface area contributed by atoms with E-state index in [0.29, 0.717) is 31.5 Å². The van der Waals surface area contributed by atoms with E-state index < -0.39 is 6.09 Å². The summed E-state index contributed by atoms with van der Waals surface area (Å²) in [5, 5.41) is 11.9. The molecule has 0 unspecified atom stereocenters. The van der Waals surface area contributed by atoms with Gasteiger partial charge in [0.2, 0.25) is 0 Å². The molecule has 2 aromatic heterocycles. The van der Waals surface area contributed by atoms with Gasteiger partial charge in [0.15, 0.2) is 0 Å². The Labute approximate surface area is 181 Å². The van der Waals surface area contributed by atoms with Gasteiger partial charge in [-0.25, -0.2) is 9.78 Å². The highest BCUT2D eigenvalue weighted by molar-refractivity contribution is 5.95. The van der Waals surface area contributed by atoms with E-state index in [1.165, 1.54) is 10.5 Å². The number of pyridine rings is 1. The van der Waals surface area contributed by atoms with Crippen molar-refractivity contribution in [3.05, 3.63) is 64.5 Å². The minimum absolute atomic E-state index is 0.118. The molecule has 7 heteroatoms. The molecule has 1 aliphatic heterocycles. The van der Waals surface area contributed by atoms with Crippen molar-refractivity contribution < 1.29 is 14.7 Å². The molecule has 2 amide bonds. The summed E-state index contributed by atoms with van der Waals surface area (Å²) < 4.78 is 2.07. The van der Waals surface area contributed by atoms with E-state index in [1.807, 2.05) is 44.3 Å². The smallest absolute Gasteiger partial charge is 0.407 e. The number of likely N-dealkylation sites (tertiary alicyclic amines) is 1. The molecule has 2 N–H and O–H groups in total. The first-order chi connectivity index (χ1) is 14.9. The van der Waals surface area contributed by atoms with Crippen LogP contribution in [0.4, 0.5) is 4.79 Å². The second-order valence-electron chi connectivity index (χ2n) is 7.96. The van der Waals surface area contributed by atoms with Crippen molar-refractivity contribution in [1.29, 1.82) is 0 Å². The number of carbonyl (C=O) groups is 2. The molecule has 1 saturated heterocycles. The van der Waals surface area contributed by atoms with E-state index in [1.54, 1.807) is 7.05 Å². The predicted molar refractivity (Wildman–Crippen MR) is 120 cm³/mol. The monoisotopic (exact) mass is 418 g/mol. The van der Waals surface area contributed by atoms with Crippen molar-refractivity contribution in [3.63, 3.8) is 0 Å². The summed E-state index contributed by atoms with van der Waals surface area (Å²) in [6, 6.07) is 9.75. The molecule has 7 nitrogen and oxygen atoms in total. The minimum Gasteiger partial charge on any atom is -0.465 e. The summed E-state index contributed by atoms with van der Waals surface area (Å²) in [7, 11) is 1.62. The summed E-state index contributed by atoms with van der Waals surface area (Å²) in [6.45, 7) is 5.04. The third-order valence-electron chi connectivity index (χ3n) is 5.81.